The van der Waals surface area contributed by atoms with Crippen LogP contribution in [0, 0.1) is 0 Å². The summed E-state index contributed by atoms with van der Waals surface area (Å²) >= 11 is 5.69. The van der Waals surface area contributed by atoms with Crippen molar-refractivity contribution in [1.82, 2.24) is 0 Å². The molecule has 0 unspecified atom stereocenters. The van der Waals surface area contributed by atoms with E-state index in [4.69, 9.17) is 22.2 Å². The maximum atomic E-state index is 10.6. The van der Waals surface area contributed by atoms with E-state index in [0.29, 0.717) is 5.56 Å². The summed E-state index contributed by atoms with van der Waals surface area (Å²) in [6.45, 7) is 0.163. The molecule has 72 valence electrons. The first-order chi connectivity index (χ1) is 6.65. The smallest absolute Gasteiger partial charge is 0.337 e. The summed E-state index contributed by atoms with van der Waals surface area (Å²) in [5, 5.41) is 12.1. The van der Waals surface area contributed by atoms with E-state index in [2.05, 4.69) is 10.0 Å². The average Bonchev–Trinajstić information content (AvgIpc) is 2.14. The number of carboxylic acids is 1. The molecular formula is C8H6ClN3O2. The highest BCUT2D eigenvalue weighted by molar-refractivity contribution is 6.33. The van der Waals surface area contributed by atoms with Gasteiger partial charge in [-0.1, -0.05) is 22.8 Å². The number of benzene rings is 1. The second-order valence-electron chi connectivity index (χ2n) is 2.51. The Labute approximate surface area is 84.6 Å². The van der Waals surface area contributed by atoms with Crippen LogP contribution in [-0.4, -0.2) is 11.1 Å². The molecule has 0 bridgehead atoms. The summed E-state index contributed by atoms with van der Waals surface area (Å²) in [5.41, 5.74) is 8.79. The summed E-state index contributed by atoms with van der Waals surface area (Å²) in [6.07, 6.45) is 0. The predicted molar refractivity (Wildman–Crippen MR) is 51.3 cm³/mol. The van der Waals surface area contributed by atoms with Gasteiger partial charge in [0.25, 0.3) is 0 Å². The molecule has 0 heterocycles. The van der Waals surface area contributed by atoms with E-state index >= 15 is 0 Å². The standard InChI is InChI=1S/C8H6ClN3O2/c9-7-3-5(4-11-12-10)1-2-6(7)8(13)14/h1-3H,4H2,(H,13,14). The van der Waals surface area contributed by atoms with Gasteiger partial charge in [-0.3, -0.25) is 0 Å². The van der Waals surface area contributed by atoms with Crippen LogP contribution < -0.4 is 0 Å². The molecule has 1 rings (SSSR count). The molecule has 6 heteroatoms. The lowest BCUT2D eigenvalue weighted by Gasteiger charge is -2.00. The average molecular weight is 212 g/mol. The molecule has 14 heavy (non-hydrogen) atoms. The first kappa shape index (κ1) is 10.4. The van der Waals surface area contributed by atoms with Crippen molar-refractivity contribution < 1.29 is 9.90 Å². The minimum Gasteiger partial charge on any atom is -0.478 e. The molecule has 1 aromatic carbocycles. The highest BCUT2D eigenvalue weighted by Gasteiger charge is 2.07. The van der Waals surface area contributed by atoms with E-state index in [9.17, 15) is 4.79 Å². The van der Waals surface area contributed by atoms with Crippen LogP contribution in [0.15, 0.2) is 23.3 Å². The van der Waals surface area contributed by atoms with Gasteiger partial charge in [-0.25, -0.2) is 4.79 Å². The van der Waals surface area contributed by atoms with Crippen molar-refractivity contribution >= 4 is 17.6 Å². The van der Waals surface area contributed by atoms with E-state index in [-0.39, 0.29) is 17.1 Å². The highest BCUT2D eigenvalue weighted by Crippen LogP contribution is 2.18. The maximum absolute atomic E-state index is 10.6. The van der Waals surface area contributed by atoms with Crippen molar-refractivity contribution in [3.63, 3.8) is 0 Å². The Hall–Kier alpha value is -1.71. The molecule has 0 atom stereocenters. The Morgan fingerprint density at radius 2 is 2.36 bits per heavy atom. The van der Waals surface area contributed by atoms with Crippen molar-refractivity contribution in [2.75, 3.05) is 0 Å². The van der Waals surface area contributed by atoms with Gasteiger partial charge < -0.3 is 5.11 Å². The first-order valence-corrected chi connectivity index (χ1v) is 4.05. The molecule has 0 aliphatic carbocycles. The summed E-state index contributed by atoms with van der Waals surface area (Å²) in [6, 6.07) is 4.41. The van der Waals surface area contributed by atoms with Gasteiger partial charge in [-0.05, 0) is 23.2 Å². The molecule has 0 aliphatic heterocycles. The molecule has 0 amide bonds. The number of aromatic carboxylic acids is 1. The van der Waals surface area contributed by atoms with Gasteiger partial charge in [0.1, 0.15) is 0 Å². The number of hydrogen-bond acceptors (Lipinski definition) is 2. The van der Waals surface area contributed by atoms with Crippen LogP contribution >= 0.6 is 11.6 Å². The van der Waals surface area contributed by atoms with Crippen molar-refractivity contribution in [1.29, 1.82) is 0 Å². The largest absolute Gasteiger partial charge is 0.478 e. The molecular weight excluding hydrogens is 206 g/mol. The van der Waals surface area contributed by atoms with Gasteiger partial charge in [0, 0.05) is 4.91 Å². The van der Waals surface area contributed by atoms with Crippen LogP contribution in [0.4, 0.5) is 0 Å². The van der Waals surface area contributed by atoms with E-state index in [1.807, 2.05) is 0 Å². The minimum atomic E-state index is -1.08. The second kappa shape index (κ2) is 4.50. The predicted octanol–water partition coefficient (Wildman–Crippen LogP) is 2.85. The third-order valence-electron chi connectivity index (χ3n) is 1.58. The van der Waals surface area contributed by atoms with Crippen LogP contribution in [0.5, 0.6) is 0 Å². The zero-order valence-corrected chi connectivity index (χ0v) is 7.77. The molecule has 1 N–H and O–H groups in total. The van der Waals surface area contributed by atoms with Crippen LogP contribution in [0.3, 0.4) is 0 Å². The fraction of sp³-hybridized carbons (Fsp3) is 0.125. The van der Waals surface area contributed by atoms with Crippen molar-refractivity contribution in [3.8, 4) is 0 Å². The Kier molecular flexibility index (Phi) is 3.34. The molecule has 0 aliphatic rings. The Morgan fingerprint density at radius 1 is 1.64 bits per heavy atom. The van der Waals surface area contributed by atoms with Gasteiger partial charge in [0.05, 0.1) is 17.1 Å². The normalized spacial score (nSPS) is 9.21. The van der Waals surface area contributed by atoms with Crippen molar-refractivity contribution in [2.45, 2.75) is 6.54 Å². The number of carbonyl (C=O) groups is 1. The highest BCUT2D eigenvalue weighted by atomic mass is 35.5. The Morgan fingerprint density at radius 3 is 2.86 bits per heavy atom. The van der Waals surface area contributed by atoms with Crippen molar-refractivity contribution in [3.05, 3.63) is 44.8 Å². The van der Waals surface area contributed by atoms with E-state index in [1.165, 1.54) is 12.1 Å². The van der Waals surface area contributed by atoms with Crippen LogP contribution in [0.25, 0.3) is 10.4 Å². The molecule has 0 saturated carbocycles. The SMILES string of the molecule is [N-]=[N+]=NCc1ccc(C(=O)O)c(Cl)c1. The molecule has 1 aromatic rings. The summed E-state index contributed by atoms with van der Waals surface area (Å²) in [7, 11) is 0. The quantitative estimate of drug-likeness (QED) is 0.473. The zero-order chi connectivity index (χ0) is 10.6. The number of carboxylic acid groups (broad SMARTS) is 1. The van der Waals surface area contributed by atoms with Crippen LogP contribution in [0.2, 0.25) is 5.02 Å². The molecule has 5 nitrogen and oxygen atoms in total. The van der Waals surface area contributed by atoms with Gasteiger partial charge in [0.2, 0.25) is 0 Å². The topological polar surface area (TPSA) is 86.1 Å². The minimum absolute atomic E-state index is 0.0383. The monoisotopic (exact) mass is 211 g/mol. The van der Waals surface area contributed by atoms with Crippen molar-refractivity contribution in [2.24, 2.45) is 5.11 Å². The lowest BCUT2D eigenvalue weighted by Crippen LogP contribution is -1.97. The lowest BCUT2D eigenvalue weighted by molar-refractivity contribution is 0.0697. The summed E-state index contributed by atoms with van der Waals surface area (Å²) in [5.74, 6) is -1.08. The lowest BCUT2D eigenvalue weighted by atomic mass is 10.1. The van der Waals surface area contributed by atoms with Gasteiger partial charge in [-0.2, -0.15) is 0 Å². The summed E-state index contributed by atoms with van der Waals surface area (Å²) in [4.78, 5) is 13.2. The fourth-order valence-corrected chi connectivity index (χ4v) is 1.23. The molecule has 0 aromatic heterocycles. The fourth-order valence-electron chi connectivity index (χ4n) is 0.944. The third-order valence-corrected chi connectivity index (χ3v) is 1.89. The first-order valence-electron chi connectivity index (χ1n) is 3.67. The Bertz CT molecular complexity index is 413. The van der Waals surface area contributed by atoms with Gasteiger partial charge in [0.15, 0.2) is 0 Å². The number of halogens is 1. The molecule has 0 saturated heterocycles. The third kappa shape index (κ3) is 2.39. The molecule has 0 spiro atoms. The van der Waals surface area contributed by atoms with Gasteiger partial charge >= 0.3 is 5.97 Å². The number of nitrogens with zero attached hydrogens (tertiary/aromatic N) is 3. The number of azide groups is 1. The maximum Gasteiger partial charge on any atom is 0.337 e. The summed E-state index contributed by atoms with van der Waals surface area (Å²) < 4.78 is 0. The number of hydrogen-bond donors (Lipinski definition) is 1. The van der Waals surface area contributed by atoms with E-state index in [1.54, 1.807) is 6.07 Å². The van der Waals surface area contributed by atoms with Crippen LogP contribution in [-0.2, 0) is 6.54 Å². The van der Waals surface area contributed by atoms with E-state index in [0.717, 1.165) is 0 Å². The zero-order valence-electron chi connectivity index (χ0n) is 7.01. The Balaban J connectivity index is 3.00. The molecule has 0 fully saturated rings. The van der Waals surface area contributed by atoms with E-state index < -0.39 is 5.97 Å². The van der Waals surface area contributed by atoms with Gasteiger partial charge in [-0.15, -0.1) is 0 Å². The van der Waals surface area contributed by atoms with Crippen LogP contribution in [0.1, 0.15) is 15.9 Å². The number of rotatable bonds is 3. The molecule has 0 radical (unpaired) electrons. The second-order valence-corrected chi connectivity index (χ2v) is 2.92.